The van der Waals surface area contributed by atoms with Crippen LogP contribution in [0.1, 0.15) is 48.2 Å². The molecule has 0 N–H and O–H groups in total. The molecule has 1 aromatic carbocycles. The monoisotopic (exact) mass is 218 g/mol. The standard InChI is InChI=1S/C14H18O2/c1-9-7-11-10(8-13(9)16-4)12(15)5-6-14(11,2)3/h7-8H,5-6H2,1-4H3. The number of hydrogen-bond acceptors (Lipinski definition) is 2. The number of ether oxygens (including phenoxy) is 1. The molecule has 0 unspecified atom stereocenters. The van der Waals surface area contributed by atoms with Gasteiger partial charge in [0, 0.05) is 12.0 Å². The summed E-state index contributed by atoms with van der Waals surface area (Å²) >= 11 is 0. The summed E-state index contributed by atoms with van der Waals surface area (Å²) in [6, 6.07) is 4.00. The Hall–Kier alpha value is -1.31. The van der Waals surface area contributed by atoms with Crippen molar-refractivity contribution in [1.82, 2.24) is 0 Å². The SMILES string of the molecule is COc1cc2c(cc1C)C(C)(C)CCC2=O. The Balaban J connectivity index is 2.65. The second-order valence-electron chi connectivity index (χ2n) is 5.17. The van der Waals surface area contributed by atoms with E-state index in [4.69, 9.17) is 4.74 Å². The minimum absolute atomic E-state index is 0.0975. The normalized spacial score (nSPS) is 18.1. The lowest BCUT2D eigenvalue weighted by Gasteiger charge is -2.32. The van der Waals surface area contributed by atoms with E-state index in [1.165, 1.54) is 5.56 Å². The van der Waals surface area contributed by atoms with E-state index in [9.17, 15) is 4.79 Å². The molecule has 0 atom stereocenters. The molecule has 0 aromatic heterocycles. The van der Waals surface area contributed by atoms with Gasteiger partial charge < -0.3 is 4.74 Å². The van der Waals surface area contributed by atoms with Gasteiger partial charge in [0.25, 0.3) is 0 Å². The van der Waals surface area contributed by atoms with Crippen molar-refractivity contribution in [3.63, 3.8) is 0 Å². The topological polar surface area (TPSA) is 26.3 Å². The van der Waals surface area contributed by atoms with Gasteiger partial charge in [0.2, 0.25) is 0 Å². The van der Waals surface area contributed by atoms with Crippen molar-refractivity contribution in [2.24, 2.45) is 0 Å². The Labute approximate surface area is 96.6 Å². The van der Waals surface area contributed by atoms with Crippen LogP contribution in [0.3, 0.4) is 0 Å². The molecule has 1 aromatic rings. The molecule has 16 heavy (non-hydrogen) atoms. The van der Waals surface area contributed by atoms with Crippen molar-refractivity contribution < 1.29 is 9.53 Å². The molecule has 0 amide bonds. The maximum Gasteiger partial charge on any atom is 0.163 e. The number of hydrogen-bond donors (Lipinski definition) is 0. The van der Waals surface area contributed by atoms with Gasteiger partial charge in [-0.05, 0) is 36.0 Å². The molecular formula is C14H18O2. The van der Waals surface area contributed by atoms with E-state index in [1.807, 2.05) is 13.0 Å². The number of Topliss-reactive ketones (excluding diaryl/α,β-unsaturated/α-hetero) is 1. The molecule has 0 radical (unpaired) electrons. The van der Waals surface area contributed by atoms with Crippen LogP contribution >= 0.6 is 0 Å². The van der Waals surface area contributed by atoms with E-state index in [0.717, 1.165) is 23.3 Å². The zero-order valence-corrected chi connectivity index (χ0v) is 10.4. The van der Waals surface area contributed by atoms with Crippen molar-refractivity contribution in [2.75, 3.05) is 7.11 Å². The first-order valence-electron chi connectivity index (χ1n) is 5.68. The lowest BCUT2D eigenvalue weighted by Crippen LogP contribution is -2.27. The number of ketones is 1. The lowest BCUT2D eigenvalue weighted by atomic mass is 9.72. The van der Waals surface area contributed by atoms with Gasteiger partial charge in [-0.3, -0.25) is 4.79 Å². The molecule has 2 rings (SSSR count). The van der Waals surface area contributed by atoms with Gasteiger partial charge in [0.15, 0.2) is 5.78 Å². The predicted octanol–water partition coefficient (Wildman–Crippen LogP) is 3.26. The van der Waals surface area contributed by atoms with E-state index in [2.05, 4.69) is 19.9 Å². The van der Waals surface area contributed by atoms with Gasteiger partial charge in [-0.1, -0.05) is 19.9 Å². The summed E-state index contributed by atoms with van der Waals surface area (Å²) in [4.78, 5) is 11.9. The maximum absolute atomic E-state index is 11.9. The van der Waals surface area contributed by atoms with Crippen molar-refractivity contribution in [2.45, 2.75) is 39.0 Å². The smallest absolute Gasteiger partial charge is 0.163 e. The average molecular weight is 218 g/mol. The number of carbonyl (C=O) groups excluding carboxylic acids is 1. The Morgan fingerprint density at radius 3 is 2.62 bits per heavy atom. The molecule has 0 saturated carbocycles. The third-order valence-corrected chi connectivity index (χ3v) is 3.54. The van der Waals surface area contributed by atoms with Crippen LogP contribution in [0.5, 0.6) is 5.75 Å². The Morgan fingerprint density at radius 2 is 2.00 bits per heavy atom. The predicted molar refractivity (Wildman–Crippen MR) is 64.3 cm³/mol. The minimum Gasteiger partial charge on any atom is -0.496 e. The van der Waals surface area contributed by atoms with Crippen molar-refractivity contribution in [3.8, 4) is 5.75 Å². The molecule has 1 aliphatic rings. The highest BCUT2D eigenvalue weighted by Gasteiger charge is 2.32. The molecule has 0 heterocycles. The van der Waals surface area contributed by atoms with Gasteiger partial charge >= 0.3 is 0 Å². The number of benzene rings is 1. The number of methoxy groups -OCH3 is 1. The van der Waals surface area contributed by atoms with Crippen LogP contribution in [0.25, 0.3) is 0 Å². The third kappa shape index (κ3) is 1.62. The molecule has 0 saturated heterocycles. The molecule has 1 aliphatic carbocycles. The molecule has 0 spiro atoms. The summed E-state index contributed by atoms with van der Waals surface area (Å²) in [6.07, 6.45) is 1.58. The minimum atomic E-state index is 0.0975. The Bertz CT molecular complexity index is 444. The largest absolute Gasteiger partial charge is 0.496 e. The summed E-state index contributed by atoms with van der Waals surface area (Å²) in [5, 5.41) is 0. The highest BCUT2D eigenvalue weighted by Crippen LogP contribution is 2.39. The maximum atomic E-state index is 11.9. The number of aryl methyl sites for hydroxylation is 1. The van der Waals surface area contributed by atoms with Crippen LogP contribution in [0.2, 0.25) is 0 Å². The summed E-state index contributed by atoms with van der Waals surface area (Å²) in [6.45, 7) is 6.42. The second kappa shape index (κ2) is 3.62. The highest BCUT2D eigenvalue weighted by atomic mass is 16.5. The average Bonchev–Trinajstić information content (AvgIpc) is 2.24. The lowest BCUT2D eigenvalue weighted by molar-refractivity contribution is 0.0956. The van der Waals surface area contributed by atoms with Crippen LogP contribution < -0.4 is 4.74 Å². The molecule has 2 heteroatoms. The second-order valence-corrected chi connectivity index (χ2v) is 5.17. The van der Waals surface area contributed by atoms with Crippen molar-refractivity contribution in [3.05, 3.63) is 28.8 Å². The number of fused-ring (bicyclic) bond motifs is 1. The van der Waals surface area contributed by atoms with E-state index >= 15 is 0 Å². The number of rotatable bonds is 1. The highest BCUT2D eigenvalue weighted by molar-refractivity contribution is 5.99. The summed E-state index contributed by atoms with van der Waals surface area (Å²) in [5.74, 6) is 1.05. The fraction of sp³-hybridized carbons (Fsp3) is 0.500. The molecular weight excluding hydrogens is 200 g/mol. The fourth-order valence-corrected chi connectivity index (χ4v) is 2.39. The molecule has 0 aliphatic heterocycles. The van der Waals surface area contributed by atoms with E-state index in [0.29, 0.717) is 6.42 Å². The van der Waals surface area contributed by atoms with E-state index < -0.39 is 0 Å². The fourth-order valence-electron chi connectivity index (χ4n) is 2.39. The number of carbonyl (C=O) groups is 1. The van der Waals surface area contributed by atoms with Gasteiger partial charge in [-0.25, -0.2) is 0 Å². The summed E-state index contributed by atoms with van der Waals surface area (Å²) in [7, 11) is 1.65. The molecule has 0 fully saturated rings. The molecule has 0 bridgehead atoms. The first-order chi connectivity index (χ1) is 7.45. The zero-order valence-electron chi connectivity index (χ0n) is 10.4. The van der Waals surface area contributed by atoms with Crippen LogP contribution in [0.15, 0.2) is 12.1 Å². The van der Waals surface area contributed by atoms with Crippen LogP contribution in [0.4, 0.5) is 0 Å². The first-order valence-corrected chi connectivity index (χ1v) is 5.68. The van der Waals surface area contributed by atoms with Gasteiger partial charge in [-0.15, -0.1) is 0 Å². The first kappa shape index (κ1) is 11.2. The Kier molecular flexibility index (Phi) is 2.53. The summed E-state index contributed by atoms with van der Waals surface area (Å²) < 4.78 is 5.28. The third-order valence-electron chi connectivity index (χ3n) is 3.54. The van der Waals surface area contributed by atoms with Crippen LogP contribution in [-0.4, -0.2) is 12.9 Å². The van der Waals surface area contributed by atoms with E-state index in [-0.39, 0.29) is 11.2 Å². The molecule has 2 nitrogen and oxygen atoms in total. The van der Waals surface area contributed by atoms with Gasteiger partial charge in [0.1, 0.15) is 5.75 Å². The van der Waals surface area contributed by atoms with Gasteiger partial charge in [-0.2, -0.15) is 0 Å². The summed E-state index contributed by atoms with van der Waals surface area (Å²) in [5.41, 5.74) is 3.21. The van der Waals surface area contributed by atoms with E-state index in [1.54, 1.807) is 7.11 Å². The van der Waals surface area contributed by atoms with Gasteiger partial charge in [0.05, 0.1) is 7.11 Å². The quantitative estimate of drug-likeness (QED) is 0.723. The van der Waals surface area contributed by atoms with Crippen LogP contribution in [-0.2, 0) is 5.41 Å². The molecule has 86 valence electrons. The van der Waals surface area contributed by atoms with Crippen LogP contribution in [0, 0.1) is 6.92 Å². The Morgan fingerprint density at radius 1 is 1.31 bits per heavy atom. The van der Waals surface area contributed by atoms with Crippen molar-refractivity contribution >= 4 is 5.78 Å². The zero-order chi connectivity index (χ0) is 11.9. The van der Waals surface area contributed by atoms with Crippen molar-refractivity contribution in [1.29, 1.82) is 0 Å².